The van der Waals surface area contributed by atoms with Crippen LogP contribution in [0.15, 0.2) is 114 Å². The Morgan fingerprint density at radius 1 is 0.829 bits per heavy atom. The molecule has 41 heavy (non-hydrogen) atoms. The summed E-state index contributed by atoms with van der Waals surface area (Å²) in [4.78, 5) is 28.7. The van der Waals surface area contributed by atoms with Crippen LogP contribution in [0, 0.1) is 5.82 Å². The number of carbonyl (C=O) groups is 2. The Kier molecular flexibility index (Phi) is 9.75. The highest BCUT2D eigenvalue weighted by Gasteiger charge is 2.34. The molecular formula is C31H29ClFN3O4S. The Bertz CT molecular complexity index is 1570. The minimum absolute atomic E-state index is 0.0000265. The third-order valence-electron chi connectivity index (χ3n) is 6.51. The average Bonchev–Trinajstić information content (AvgIpc) is 2.99. The Morgan fingerprint density at radius 3 is 2.00 bits per heavy atom. The van der Waals surface area contributed by atoms with Gasteiger partial charge in [-0.05, 0) is 59.7 Å². The molecule has 0 spiro atoms. The first kappa shape index (κ1) is 29.8. The Labute approximate surface area is 244 Å². The number of benzene rings is 4. The number of amides is 2. The number of anilines is 1. The lowest BCUT2D eigenvalue weighted by atomic mass is 10.0. The van der Waals surface area contributed by atoms with Crippen molar-refractivity contribution in [1.29, 1.82) is 0 Å². The van der Waals surface area contributed by atoms with E-state index in [1.54, 1.807) is 18.2 Å². The van der Waals surface area contributed by atoms with E-state index in [1.807, 2.05) is 30.3 Å². The van der Waals surface area contributed by atoms with E-state index >= 15 is 0 Å². The molecule has 212 valence electrons. The van der Waals surface area contributed by atoms with E-state index in [2.05, 4.69) is 5.32 Å². The molecule has 2 amide bonds. The lowest BCUT2D eigenvalue weighted by Gasteiger charge is -2.33. The summed E-state index contributed by atoms with van der Waals surface area (Å²) in [7, 11) is -2.72. The lowest BCUT2D eigenvalue weighted by molar-refractivity contribution is -0.139. The quantitative estimate of drug-likeness (QED) is 0.263. The van der Waals surface area contributed by atoms with Gasteiger partial charge in [0.05, 0.1) is 10.6 Å². The molecule has 0 bridgehead atoms. The number of rotatable bonds is 11. The second kappa shape index (κ2) is 13.4. The topological polar surface area (TPSA) is 86.8 Å². The van der Waals surface area contributed by atoms with Gasteiger partial charge >= 0.3 is 0 Å². The third-order valence-corrected chi connectivity index (χ3v) is 8.55. The summed E-state index contributed by atoms with van der Waals surface area (Å²) >= 11 is 6.06. The maximum Gasteiger partial charge on any atom is 0.264 e. The van der Waals surface area contributed by atoms with Crippen molar-refractivity contribution in [2.75, 3.05) is 17.9 Å². The van der Waals surface area contributed by atoms with E-state index in [0.29, 0.717) is 10.6 Å². The molecule has 0 aliphatic heterocycles. The Morgan fingerprint density at radius 2 is 1.41 bits per heavy atom. The van der Waals surface area contributed by atoms with Gasteiger partial charge in [0, 0.05) is 25.0 Å². The second-order valence-electron chi connectivity index (χ2n) is 9.27. The zero-order valence-corrected chi connectivity index (χ0v) is 23.9. The molecule has 0 heterocycles. The highest BCUT2D eigenvalue weighted by Crippen LogP contribution is 2.26. The summed E-state index contributed by atoms with van der Waals surface area (Å²) in [5.74, 6) is -1.48. The number of carbonyl (C=O) groups excluding carboxylic acids is 2. The number of nitrogens with one attached hydrogen (secondary N) is 1. The molecule has 0 saturated carbocycles. The molecule has 0 unspecified atom stereocenters. The van der Waals surface area contributed by atoms with E-state index in [0.717, 1.165) is 9.87 Å². The molecule has 10 heteroatoms. The van der Waals surface area contributed by atoms with E-state index in [4.69, 9.17) is 11.6 Å². The van der Waals surface area contributed by atoms with Crippen LogP contribution in [0.3, 0.4) is 0 Å². The molecule has 0 aliphatic carbocycles. The van der Waals surface area contributed by atoms with Gasteiger partial charge in [0.25, 0.3) is 10.0 Å². The van der Waals surface area contributed by atoms with Gasteiger partial charge in [0.15, 0.2) is 0 Å². The monoisotopic (exact) mass is 593 g/mol. The van der Waals surface area contributed by atoms with Crippen LogP contribution < -0.4 is 9.62 Å². The van der Waals surface area contributed by atoms with Crippen LogP contribution in [0.1, 0.15) is 11.1 Å². The molecule has 0 fully saturated rings. The van der Waals surface area contributed by atoms with Gasteiger partial charge in [-0.15, -0.1) is 0 Å². The molecule has 4 aromatic carbocycles. The van der Waals surface area contributed by atoms with Crippen molar-refractivity contribution in [3.05, 3.63) is 131 Å². The second-order valence-corrected chi connectivity index (χ2v) is 11.6. The first-order valence-electron chi connectivity index (χ1n) is 12.8. The minimum atomic E-state index is -4.19. The van der Waals surface area contributed by atoms with E-state index in [9.17, 15) is 22.4 Å². The number of hydrogen-bond acceptors (Lipinski definition) is 4. The maximum atomic E-state index is 14.1. The van der Waals surface area contributed by atoms with E-state index in [1.165, 1.54) is 72.6 Å². The molecule has 0 aliphatic rings. The molecule has 7 nitrogen and oxygen atoms in total. The number of halogens is 2. The molecule has 0 radical (unpaired) electrons. The number of hydrogen-bond donors (Lipinski definition) is 1. The maximum absolute atomic E-state index is 14.1. The fourth-order valence-electron chi connectivity index (χ4n) is 4.36. The van der Waals surface area contributed by atoms with Crippen LogP contribution in [-0.2, 0) is 32.6 Å². The van der Waals surface area contributed by atoms with Crippen molar-refractivity contribution >= 4 is 39.1 Å². The first-order valence-corrected chi connectivity index (χ1v) is 14.6. The lowest BCUT2D eigenvalue weighted by Crippen LogP contribution is -2.53. The molecule has 0 saturated heterocycles. The summed E-state index contributed by atoms with van der Waals surface area (Å²) in [6, 6.07) is 27.7. The van der Waals surface area contributed by atoms with Gasteiger partial charge in [0.1, 0.15) is 18.4 Å². The third kappa shape index (κ3) is 7.50. The summed E-state index contributed by atoms with van der Waals surface area (Å²) in [5.41, 5.74) is 1.61. The number of nitrogens with zero attached hydrogens (tertiary/aromatic N) is 2. The highest BCUT2D eigenvalue weighted by molar-refractivity contribution is 7.92. The Hall–Kier alpha value is -4.21. The van der Waals surface area contributed by atoms with E-state index in [-0.39, 0.29) is 23.5 Å². The SMILES string of the molecule is CNC(=O)[C@H](Cc1ccccc1)N(Cc1ccc(F)cc1)C(=O)CN(c1ccc(Cl)cc1)S(=O)(=O)c1ccccc1. The van der Waals surface area contributed by atoms with Gasteiger partial charge in [-0.2, -0.15) is 0 Å². The predicted molar refractivity (Wildman–Crippen MR) is 157 cm³/mol. The smallest absolute Gasteiger partial charge is 0.264 e. The van der Waals surface area contributed by atoms with Crippen LogP contribution in [0.2, 0.25) is 5.02 Å². The van der Waals surface area contributed by atoms with Crippen molar-refractivity contribution in [1.82, 2.24) is 10.2 Å². The van der Waals surface area contributed by atoms with Gasteiger partial charge in [0.2, 0.25) is 11.8 Å². The van der Waals surface area contributed by atoms with Crippen LogP contribution in [0.25, 0.3) is 0 Å². The fraction of sp³-hybridized carbons (Fsp3) is 0.161. The van der Waals surface area contributed by atoms with Gasteiger partial charge in [-0.3, -0.25) is 13.9 Å². The van der Waals surface area contributed by atoms with Crippen molar-refractivity contribution in [3.63, 3.8) is 0 Å². The normalized spacial score (nSPS) is 11.9. The average molecular weight is 594 g/mol. The number of likely N-dealkylation sites (N-methyl/N-ethyl adjacent to an activating group) is 1. The van der Waals surface area contributed by atoms with Crippen LogP contribution >= 0.6 is 11.6 Å². The largest absolute Gasteiger partial charge is 0.357 e. The zero-order chi connectivity index (χ0) is 29.4. The Balaban J connectivity index is 1.77. The summed E-state index contributed by atoms with van der Waals surface area (Å²) in [6.45, 7) is -0.647. The fourth-order valence-corrected chi connectivity index (χ4v) is 5.92. The number of sulfonamides is 1. The predicted octanol–water partition coefficient (Wildman–Crippen LogP) is 5.06. The molecular weight excluding hydrogens is 565 g/mol. The van der Waals surface area contributed by atoms with Crippen LogP contribution in [0.5, 0.6) is 0 Å². The zero-order valence-electron chi connectivity index (χ0n) is 22.3. The summed E-state index contributed by atoms with van der Waals surface area (Å²) < 4.78 is 42.3. The van der Waals surface area contributed by atoms with E-state index < -0.39 is 40.2 Å². The summed E-state index contributed by atoms with van der Waals surface area (Å²) in [5, 5.41) is 3.02. The minimum Gasteiger partial charge on any atom is -0.357 e. The van der Waals surface area contributed by atoms with Gasteiger partial charge in [-0.1, -0.05) is 72.3 Å². The van der Waals surface area contributed by atoms with Crippen molar-refractivity contribution < 1.29 is 22.4 Å². The van der Waals surface area contributed by atoms with Crippen molar-refractivity contribution in [3.8, 4) is 0 Å². The van der Waals surface area contributed by atoms with Crippen LogP contribution in [0.4, 0.5) is 10.1 Å². The standard InChI is InChI=1S/C31H29ClFN3O4S/c1-34-31(38)29(20-23-8-4-2-5-9-23)35(21-24-12-16-26(33)17-13-24)30(37)22-36(27-18-14-25(32)15-19-27)41(39,40)28-10-6-3-7-11-28/h2-19,29H,20-22H2,1H3,(H,34,38)/t29-/m0/s1. The van der Waals surface area contributed by atoms with Crippen molar-refractivity contribution in [2.45, 2.75) is 23.9 Å². The van der Waals surface area contributed by atoms with Crippen LogP contribution in [-0.4, -0.2) is 44.8 Å². The molecule has 0 aromatic heterocycles. The summed E-state index contributed by atoms with van der Waals surface area (Å²) in [6.07, 6.45) is 0.180. The van der Waals surface area contributed by atoms with Crippen molar-refractivity contribution in [2.24, 2.45) is 0 Å². The highest BCUT2D eigenvalue weighted by atomic mass is 35.5. The van der Waals surface area contributed by atoms with Gasteiger partial charge in [-0.25, -0.2) is 12.8 Å². The molecule has 1 N–H and O–H groups in total. The molecule has 4 rings (SSSR count). The molecule has 4 aromatic rings. The molecule has 1 atom stereocenters. The van der Waals surface area contributed by atoms with Gasteiger partial charge < -0.3 is 10.2 Å². The first-order chi connectivity index (χ1) is 19.7.